The summed E-state index contributed by atoms with van der Waals surface area (Å²) in [5.74, 6) is 0.340. The number of nitrogens with zero attached hydrogens (tertiary/aromatic N) is 1. The molecule has 0 spiro atoms. The van der Waals surface area contributed by atoms with E-state index in [1.54, 1.807) is 0 Å². The van der Waals surface area contributed by atoms with Crippen LogP contribution in [0.2, 0.25) is 0 Å². The average Bonchev–Trinajstić information content (AvgIpc) is 2.48. The van der Waals surface area contributed by atoms with Gasteiger partial charge < -0.3 is 15.5 Å². The molecule has 1 fully saturated rings. The molecule has 1 rings (SSSR count). The van der Waals surface area contributed by atoms with Crippen molar-refractivity contribution in [3.05, 3.63) is 0 Å². The van der Waals surface area contributed by atoms with Crippen molar-refractivity contribution in [2.45, 2.75) is 12.5 Å². The minimum absolute atomic E-state index is 0.340. The van der Waals surface area contributed by atoms with Crippen LogP contribution in [0.1, 0.15) is 6.42 Å². The van der Waals surface area contributed by atoms with E-state index in [4.69, 9.17) is 0 Å². The summed E-state index contributed by atoms with van der Waals surface area (Å²) in [6.45, 7) is 3.55. The van der Waals surface area contributed by atoms with Gasteiger partial charge >= 0.3 is 0 Å². The fourth-order valence-electron chi connectivity index (χ4n) is 1.58. The van der Waals surface area contributed by atoms with Crippen LogP contribution in [0.3, 0.4) is 0 Å². The van der Waals surface area contributed by atoms with Crippen LogP contribution in [0.25, 0.3) is 0 Å². The van der Waals surface area contributed by atoms with Gasteiger partial charge in [-0.1, -0.05) is 0 Å². The Hall–Kier alpha value is -0.450. The van der Waals surface area contributed by atoms with Crippen LogP contribution in [0.4, 0.5) is 0 Å². The lowest BCUT2D eigenvalue weighted by molar-refractivity contribution is -0.116. The molecule has 1 atom stereocenters. The highest BCUT2D eigenvalue weighted by Crippen LogP contribution is 2.02. The summed E-state index contributed by atoms with van der Waals surface area (Å²) in [7, 11) is 4.03. The lowest BCUT2D eigenvalue weighted by Crippen LogP contribution is -2.38. The van der Waals surface area contributed by atoms with E-state index in [2.05, 4.69) is 22.6 Å². The van der Waals surface area contributed by atoms with Crippen LogP contribution < -0.4 is 10.6 Å². The van der Waals surface area contributed by atoms with Gasteiger partial charge in [-0.15, -0.1) is 0 Å². The van der Waals surface area contributed by atoms with Crippen LogP contribution in [-0.4, -0.2) is 57.0 Å². The van der Waals surface area contributed by atoms with Gasteiger partial charge in [0.15, 0.2) is 0 Å². The van der Waals surface area contributed by atoms with Crippen molar-refractivity contribution in [1.29, 1.82) is 0 Å². The van der Waals surface area contributed by atoms with Crippen molar-refractivity contribution in [2.75, 3.05) is 40.3 Å². The highest BCUT2D eigenvalue weighted by molar-refractivity contribution is 5.83. The molecular weight excluding hydrogens is 166 g/mol. The summed E-state index contributed by atoms with van der Waals surface area (Å²) < 4.78 is 0. The van der Waals surface area contributed by atoms with Crippen molar-refractivity contribution in [3.8, 4) is 0 Å². The predicted molar refractivity (Wildman–Crippen MR) is 52.8 cm³/mol. The molecule has 0 saturated carbocycles. The summed E-state index contributed by atoms with van der Waals surface area (Å²) in [5.41, 5.74) is 0. The van der Waals surface area contributed by atoms with Crippen molar-refractivity contribution in [3.63, 3.8) is 0 Å². The molecule has 0 bridgehead atoms. The molecule has 1 saturated heterocycles. The molecule has 0 amide bonds. The number of nitrogens with one attached hydrogen (secondary N) is 2. The average molecular weight is 185 g/mol. The number of rotatable bonds is 5. The van der Waals surface area contributed by atoms with E-state index >= 15 is 0 Å². The van der Waals surface area contributed by atoms with Gasteiger partial charge in [0.05, 0.1) is 6.54 Å². The first-order valence-corrected chi connectivity index (χ1v) is 4.80. The van der Waals surface area contributed by atoms with Gasteiger partial charge in [-0.2, -0.15) is 0 Å². The molecule has 0 radical (unpaired) electrons. The first-order valence-electron chi connectivity index (χ1n) is 4.80. The molecule has 13 heavy (non-hydrogen) atoms. The third-order valence-corrected chi connectivity index (χ3v) is 2.34. The molecular formula is C9H19N3O. The Bertz CT molecular complexity index is 172. The Labute approximate surface area is 79.7 Å². The summed E-state index contributed by atoms with van der Waals surface area (Å²) >= 11 is 0. The standard InChI is InChI=1S/C9H19N3O/c1-10-3-4-12(2)7-8-5-9(13)6-11-8/h8,10-11H,3-7H2,1-2H3. The molecule has 0 aliphatic carbocycles. The second-order valence-corrected chi connectivity index (χ2v) is 3.69. The van der Waals surface area contributed by atoms with Crippen molar-refractivity contribution in [1.82, 2.24) is 15.5 Å². The molecule has 0 aromatic rings. The smallest absolute Gasteiger partial charge is 0.148 e. The quantitative estimate of drug-likeness (QED) is 0.581. The fraction of sp³-hybridized carbons (Fsp3) is 0.889. The zero-order valence-electron chi connectivity index (χ0n) is 8.47. The maximum Gasteiger partial charge on any atom is 0.148 e. The van der Waals surface area contributed by atoms with E-state index in [-0.39, 0.29) is 0 Å². The molecule has 4 heteroatoms. The second kappa shape index (κ2) is 5.32. The van der Waals surface area contributed by atoms with E-state index in [0.29, 0.717) is 24.8 Å². The van der Waals surface area contributed by atoms with Gasteiger partial charge in [0.25, 0.3) is 0 Å². The molecule has 1 heterocycles. The summed E-state index contributed by atoms with van der Waals surface area (Å²) in [5, 5.41) is 6.31. The molecule has 2 N–H and O–H groups in total. The van der Waals surface area contributed by atoms with Gasteiger partial charge in [0.1, 0.15) is 5.78 Å². The minimum atomic E-state index is 0.340. The van der Waals surface area contributed by atoms with Crippen molar-refractivity contribution >= 4 is 5.78 Å². The third kappa shape index (κ3) is 3.85. The topological polar surface area (TPSA) is 44.4 Å². The van der Waals surface area contributed by atoms with Crippen LogP contribution in [-0.2, 0) is 4.79 Å². The molecule has 76 valence electrons. The number of carbonyl (C=O) groups excluding carboxylic acids is 1. The maximum absolute atomic E-state index is 11.0. The van der Waals surface area contributed by atoms with Crippen LogP contribution in [0.5, 0.6) is 0 Å². The minimum Gasteiger partial charge on any atom is -0.318 e. The number of carbonyl (C=O) groups is 1. The van der Waals surface area contributed by atoms with E-state index in [1.807, 2.05) is 7.05 Å². The number of hydrogen-bond acceptors (Lipinski definition) is 4. The molecule has 1 unspecified atom stereocenters. The number of likely N-dealkylation sites (N-methyl/N-ethyl adjacent to an activating group) is 2. The second-order valence-electron chi connectivity index (χ2n) is 3.69. The third-order valence-electron chi connectivity index (χ3n) is 2.34. The Morgan fingerprint density at radius 3 is 3.00 bits per heavy atom. The van der Waals surface area contributed by atoms with Gasteiger partial charge in [0.2, 0.25) is 0 Å². The molecule has 1 aliphatic heterocycles. The van der Waals surface area contributed by atoms with Gasteiger partial charge in [-0.25, -0.2) is 0 Å². The van der Waals surface area contributed by atoms with Crippen LogP contribution in [0, 0.1) is 0 Å². The summed E-state index contributed by atoms with van der Waals surface area (Å²) in [6.07, 6.45) is 0.698. The van der Waals surface area contributed by atoms with E-state index in [9.17, 15) is 4.79 Å². The Balaban J connectivity index is 2.13. The normalized spacial score (nSPS) is 23.0. The fourth-order valence-corrected chi connectivity index (χ4v) is 1.58. The molecule has 4 nitrogen and oxygen atoms in total. The Kier molecular flexibility index (Phi) is 4.35. The zero-order valence-corrected chi connectivity index (χ0v) is 8.47. The van der Waals surface area contributed by atoms with Crippen LogP contribution >= 0.6 is 0 Å². The molecule has 1 aliphatic rings. The first-order chi connectivity index (χ1) is 6.22. The SMILES string of the molecule is CNCCN(C)CC1CC(=O)CN1. The van der Waals surface area contributed by atoms with E-state index < -0.39 is 0 Å². The highest BCUT2D eigenvalue weighted by Gasteiger charge is 2.21. The number of ketones is 1. The maximum atomic E-state index is 11.0. The van der Waals surface area contributed by atoms with Gasteiger partial charge in [-0.3, -0.25) is 4.79 Å². The first kappa shape index (κ1) is 10.6. The largest absolute Gasteiger partial charge is 0.318 e. The Morgan fingerprint density at radius 1 is 1.69 bits per heavy atom. The Morgan fingerprint density at radius 2 is 2.46 bits per heavy atom. The number of Topliss-reactive ketones (excluding diaryl/α,β-unsaturated/α-hetero) is 1. The van der Waals surface area contributed by atoms with Gasteiger partial charge in [-0.05, 0) is 14.1 Å². The van der Waals surface area contributed by atoms with E-state index in [0.717, 1.165) is 19.6 Å². The zero-order chi connectivity index (χ0) is 9.68. The molecule has 0 aromatic carbocycles. The van der Waals surface area contributed by atoms with E-state index in [1.165, 1.54) is 0 Å². The summed E-state index contributed by atoms with van der Waals surface area (Å²) in [6, 6.07) is 0.370. The predicted octanol–water partition coefficient (Wildman–Crippen LogP) is -0.931. The van der Waals surface area contributed by atoms with Crippen LogP contribution in [0.15, 0.2) is 0 Å². The lowest BCUT2D eigenvalue weighted by Gasteiger charge is -2.20. The monoisotopic (exact) mass is 185 g/mol. The number of hydrogen-bond donors (Lipinski definition) is 2. The van der Waals surface area contributed by atoms with Crippen molar-refractivity contribution in [2.24, 2.45) is 0 Å². The molecule has 0 aromatic heterocycles. The highest BCUT2D eigenvalue weighted by atomic mass is 16.1. The summed E-state index contributed by atoms with van der Waals surface area (Å²) in [4.78, 5) is 13.2. The van der Waals surface area contributed by atoms with Crippen molar-refractivity contribution < 1.29 is 4.79 Å². The van der Waals surface area contributed by atoms with Gasteiger partial charge in [0, 0.05) is 32.1 Å². The lowest BCUT2D eigenvalue weighted by atomic mass is 10.2.